The number of oxime groups is 1. The van der Waals surface area contributed by atoms with Crippen LogP contribution in [0.4, 0.5) is 10.1 Å². The number of nitrogens with two attached hydrogens (primary N) is 1. The smallest absolute Gasteiger partial charge is 0.286 e. The second-order valence-corrected chi connectivity index (χ2v) is 11.1. The van der Waals surface area contributed by atoms with Gasteiger partial charge in [-0.3, -0.25) is 0 Å². The van der Waals surface area contributed by atoms with Crippen molar-refractivity contribution in [1.29, 1.82) is 0 Å². The molecule has 0 aliphatic rings. The molecule has 6 heteroatoms. The quantitative estimate of drug-likeness (QED) is 0.389. The minimum absolute atomic E-state index is 0.0400. The lowest BCUT2D eigenvalue weighted by molar-refractivity contribution is 0.310. The maximum atomic E-state index is 13.1. The molecule has 0 fully saturated rings. The zero-order valence-electron chi connectivity index (χ0n) is 11.9. The van der Waals surface area contributed by atoms with Crippen molar-refractivity contribution in [3.05, 3.63) is 28.5 Å². The van der Waals surface area contributed by atoms with Gasteiger partial charge in [0.1, 0.15) is 5.82 Å². The van der Waals surface area contributed by atoms with Gasteiger partial charge in [-0.15, -0.1) is 5.16 Å². The highest BCUT2D eigenvalue weighted by atomic mass is 35.5. The summed E-state index contributed by atoms with van der Waals surface area (Å²) >= 11 is 5.91. The van der Waals surface area contributed by atoms with Gasteiger partial charge in [0.05, 0.1) is 16.9 Å². The van der Waals surface area contributed by atoms with Gasteiger partial charge in [-0.1, -0.05) is 32.4 Å². The second kappa shape index (κ2) is 5.51. The van der Waals surface area contributed by atoms with E-state index in [0.717, 1.165) is 0 Å². The van der Waals surface area contributed by atoms with Gasteiger partial charge in [0.2, 0.25) is 0 Å². The van der Waals surface area contributed by atoms with Crippen molar-refractivity contribution in [2.24, 2.45) is 5.16 Å². The number of rotatable bonds is 3. The molecule has 1 aromatic rings. The van der Waals surface area contributed by atoms with Crippen LogP contribution in [0.15, 0.2) is 17.3 Å². The Bertz CT molecular complexity index is 498. The van der Waals surface area contributed by atoms with Crippen LogP contribution < -0.4 is 5.73 Å². The Balaban J connectivity index is 2.87. The molecule has 0 atom stereocenters. The standard InChI is InChI=1S/C13H20ClFN2OSi/c1-13(2,3)19(4,5)18-17-8-9-6-12(16)11(15)7-10(9)14/h6-8H,16H2,1-5H3/b17-8+. The maximum absolute atomic E-state index is 13.1. The first-order valence-corrected chi connectivity index (χ1v) is 9.29. The third-order valence-corrected chi connectivity index (χ3v) is 7.90. The van der Waals surface area contributed by atoms with Crippen LogP contribution in [-0.2, 0) is 4.53 Å². The fourth-order valence-corrected chi connectivity index (χ4v) is 1.82. The molecule has 0 spiro atoms. The van der Waals surface area contributed by atoms with E-state index >= 15 is 0 Å². The highest BCUT2D eigenvalue weighted by Crippen LogP contribution is 2.36. The molecule has 2 N–H and O–H groups in total. The lowest BCUT2D eigenvalue weighted by atomic mass is 10.2. The van der Waals surface area contributed by atoms with E-state index in [4.69, 9.17) is 21.9 Å². The third kappa shape index (κ3) is 3.94. The zero-order chi connectivity index (χ0) is 14.8. The van der Waals surface area contributed by atoms with Gasteiger partial charge >= 0.3 is 0 Å². The van der Waals surface area contributed by atoms with Crippen LogP contribution in [0.3, 0.4) is 0 Å². The molecule has 106 valence electrons. The van der Waals surface area contributed by atoms with Crippen LogP contribution >= 0.6 is 11.6 Å². The van der Waals surface area contributed by atoms with E-state index < -0.39 is 14.1 Å². The molecule has 0 unspecified atom stereocenters. The summed E-state index contributed by atoms with van der Waals surface area (Å²) in [6.45, 7) is 10.5. The van der Waals surface area contributed by atoms with Crippen molar-refractivity contribution in [1.82, 2.24) is 0 Å². The van der Waals surface area contributed by atoms with Crippen molar-refractivity contribution in [2.75, 3.05) is 5.73 Å². The van der Waals surface area contributed by atoms with Gasteiger partial charge in [-0.05, 0) is 30.3 Å². The molecule has 19 heavy (non-hydrogen) atoms. The summed E-state index contributed by atoms with van der Waals surface area (Å²) in [5.74, 6) is -0.535. The molecule has 0 aromatic heterocycles. The number of nitrogen functional groups attached to an aromatic ring is 1. The minimum atomic E-state index is -1.95. The van der Waals surface area contributed by atoms with Crippen molar-refractivity contribution in [2.45, 2.75) is 38.9 Å². The molecule has 1 aromatic carbocycles. The zero-order valence-corrected chi connectivity index (χ0v) is 13.7. The van der Waals surface area contributed by atoms with E-state index in [9.17, 15) is 4.39 Å². The first-order valence-electron chi connectivity index (χ1n) is 6.00. The Morgan fingerprint density at radius 1 is 1.37 bits per heavy atom. The molecule has 3 nitrogen and oxygen atoms in total. The number of nitrogens with zero attached hydrogens (tertiary/aromatic N) is 1. The van der Waals surface area contributed by atoms with Crippen LogP contribution in [0, 0.1) is 5.82 Å². The van der Waals surface area contributed by atoms with Crippen LogP contribution in [0.1, 0.15) is 26.3 Å². The summed E-state index contributed by atoms with van der Waals surface area (Å²) in [6.07, 6.45) is 1.47. The third-order valence-electron chi connectivity index (χ3n) is 3.39. The first kappa shape index (κ1) is 16.0. The van der Waals surface area contributed by atoms with Gasteiger partial charge in [-0.2, -0.15) is 0 Å². The monoisotopic (exact) mass is 302 g/mol. The Labute approximate surface area is 119 Å². The van der Waals surface area contributed by atoms with E-state index in [1.165, 1.54) is 18.3 Å². The second-order valence-electron chi connectivity index (χ2n) is 5.98. The maximum Gasteiger partial charge on any atom is 0.286 e. The van der Waals surface area contributed by atoms with Crippen LogP contribution in [0.2, 0.25) is 23.2 Å². The summed E-state index contributed by atoms with van der Waals surface area (Å²) in [6, 6.07) is 2.61. The van der Waals surface area contributed by atoms with Gasteiger partial charge in [0.15, 0.2) is 0 Å². The average Bonchev–Trinajstić information content (AvgIpc) is 2.23. The predicted molar refractivity (Wildman–Crippen MR) is 81.7 cm³/mol. The molecule has 0 heterocycles. The van der Waals surface area contributed by atoms with E-state index in [1.54, 1.807) is 0 Å². The van der Waals surface area contributed by atoms with E-state index in [-0.39, 0.29) is 15.7 Å². The normalized spacial score (nSPS) is 13.0. The Kier molecular flexibility index (Phi) is 4.63. The molecule has 1 rings (SSSR count). The van der Waals surface area contributed by atoms with Crippen molar-refractivity contribution in [3.63, 3.8) is 0 Å². The largest absolute Gasteiger partial charge is 0.455 e. The topological polar surface area (TPSA) is 47.6 Å². The van der Waals surface area contributed by atoms with Gasteiger partial charge in [-0.25, -0.2) is 4.39 Å². The fourth-order valence-electron chi connectivity index (χ4n) is 1.03. The first-order chi connectivity index (χ1) is 8.54. The SMILES string of the molecule is CC(C)(C)[Si](C)(C)O/N=C/c1cc(N)c(F)cc1Cl. The summed E-state index contributed by atoms with van der Waals surface area (Å²) < 4.78 is 18.8. The van der Waals surface area contributed by atoms with Crippen LogP contribution in [0.5, 0.6) is 0 Å². The average molecular weight is 303 g/mol. The lowest BCUT2D eigenvalue weighted by Gasteiger charge is -2.33. The molecule has 0 bridgehead atoms. The molecular weight excluding hydrogens is 283 g/mol. The number of hydrogen-bond acceptors (Lipinski definition) is 3. The van der Waals surface area contributed by atoms with Crippen molar-refractivity contribution in [3.8, 4) is 0 Å². The highest BCUT2D eigenvalue weighted by molar-refractivity contribution is 6.74. The molecule has 0 radical (unpaired) electrons. The summed E-state index contributed by atoms with van der Waals surface area (Å²) in [7, 11) is -1.95. The van der Waals surface area contributed by atoms with E-state index in [0.29, 0.717) is 5.56 Å². The summed E-state index contributed by atoms with van der Waals surface area (Å²) in [5, 5.41) is 4.31. The van der Waals surface area contributed by atoms with Crippen molar-refractivity contribution < 1.29 is 8.92 Å². The number of halogens is 2. The minimum Gasteiger partial charge on any atom is -0.455 e. The predicted octanol–water partition coefficient (Wildman–Crippen LogP) is 4.42. The highest BCUT2D eigenvalue weighted by Gasteiger charge is 2.39. The van der Waals surface area contributed by atoms with Crippen molar-refractivity contribution >= 4 is 31.8 Å². The van der Waals surface area contributed by atoms with Crippen LogP contribution in [0.25, 0.3) is 0 Å². The Morgan fingerprint density at radius 3 is 2.47 bits per heavy atom. The molecule has 0 aliphatic carbocycles. The van der Waals surface area contributed by atoms with Gasteiger partial charge in [0.25, 0.3) is 8.32 Å². The van der Waals surface area contributed by atoms with Gasteiger partial charge < -0.3 is 10.3 Å². The van der Waals surface area contributed by atoms with Crippen LogP contribution in [-0.4, -0.2) is 14.5 Å². The number of anilines is 1. The van der Waals surface area contributed by atoms with E-state index in [2.05, 4.69) is 39.0 Å². The molecular formula is C13H20ClFN2OSi. The lowest BCUT2D eigenvalue weighted by Crippen LogP contribution is -2.39. The van der Waals surface area contributed by atoms with Gasteiger partial charge in [0, 0.05) is 5.56 Å². The fraction of sp³-hybridized carbons (Fsp3) is 0.462. The number of benzene rings is 1. The molecule has 0 saturated heterocycles. The molecule has 0 amide bonds. The Morgan fingerprint density at radius 2 is 1.95 bits per heavy atom. The molecule has 0 saturated carbocycles. The molecule has 0 aliphatic heterocycles. The number of hydrogen-bond donors (Lipinski definition) is 1. The van der Waals surface area contributed by atoms with E-state index in [1.807, 2.05) is 0 Å². The summed E-state index contributed by atoms with van der Waals surface area (Å²) in [5.41, 5.74) is 6.07. The summed E-state index contributed by atoms with van der Waals surface area (Å²) in [4.78, 5) is 0. The Hall–Kier alpha value is -1.07.